The molecule has 0 aliphatic heterocycles. The first-order chi connectivity index (χ1) is 6.65. The molecule has 90 valence electrons. The maximum Gasteiger partial charge on any atom is 0.411 e. The van der Waals surface area contributed by atoms with Gasteiger partial charge in [-0.05, 0) is 13.8 Å². The Balaban J connectivity index is 3.60. The molecule has 0 saturated carbocycles. The fourth-order valence-electron chi connectivity index (χ4n) is 0.699. The highest BCUT2D eigenvalue weighted by atomic mass is 19.4. The first-order valence-electron chi connectivity index (χ1n) is 4.28. The zero-order valence-corrected chi connectivity index (χ0v) is 8.52. The number of hydrogen-bond donors (Lipinski definition) is 2. The van der Waals surface area contributed by atoms with Gasteiger partial charge in [-0.1, -0.05) is 0 Å². The van der Waals surface area contributed by atoms with E-state index < -0.39 is 24.3 Å². The molecule has 15 heavy (non-hydrogen) atoms. The molecule has 0 rings (SSSR count). The van der Waals surface area contributed by atoms with Crippen LogP contribution in [0.4, 0.5) is 13.2 Å². The minimum atomic E-state index is -4.34. The number of carboxylic acids is 1. The molecule has 0 saturated heterocycles. The highest BCUT2D eigenvalue weighted by Crippen LogP contribution is 2.14. The Kier molecular flexibility index (Phi) is 5.02. The summed E-state index contributed by atoms with van der Waals surface area (Å²) in [6, 6.07) is 0. The van der Waals surface area contributed by atoms with Gasteiger partial charge in [-0.15, -0.1) is 0 Å². The number of rotatable bonds is 6. The summed E-state index contributed by atoms with van der Waals surface area (Å²) in [5.41, 5.74) is -1.17. The molecule has 0 spiro atoms. The fourth-order valence-corrected chi connectivity index (χ4v) is 0.699. The smallest absolute Gasteiger partial charge is 0.411 e. The first kappa shape index (κ1) is 14.2. The number of aliphatic carboxylic acids is 1. The van der Waals surface area contributed by atoms with Crippen molar-refractivity contribution in [1.29, 1.82) is 0 Å². The molecule has 0 bridgehead atoms. The average Bonchev–Trinajstić information content (AvgIpc) is 2.00. The Morgan fingerprint density at radius 3 is 2.33 bits per heavy atom. The fraction of sp³-hybridized carbons (Fsp3) is 0.875. The van der Waals surface area contributed by atoms with Crippen LogP contribution in [-0.2, 0) is 9.53 Å². The molecule has 7 heteroatoms. The lowest BCUT2D eigenvalue weighted by atomic mass is 10.1. The van der Waals surface area contributed by atoms with Crippen molar-refractivity contribution in [3.05, 3.63) is 0 Å². The van der Waals surface area contributed by atoms with E-state index in [1.165, 1.54) is 13.8 Å². The molecule has 0 heterocycles. The molecular formula is C8H14F3NO3. The van der Waals surface area contributed by atoms with Gasteiger partial charge >= 0.3 is 12.1 Å². The number of hydrogen-bond acceptors (Lipinski definition) is 3. The summed E-state index contributed by atoms with van der Waals surface area (Å²) >= 11 is 0. The molecular weight excluding hydrogens is 215 g/mol. The molecule has 0 fully saturated rings. The lowest BCUT2D eigenvalue weighted by molar-refractivity contribution is -0.173. The minimum Gasteiger partial charge on any atom is -0.480 e. The Labute approximate surface area is 85.4 Å². The summed E-state index contributed by atoms with van der Waals surface area (Å²) in [6.07, 6.45) is -4.34. The van der Waals surface area contributed by atoms with Crippen LogP contribution < -0.4 is 5.32 Å². The van der Waals surface area contributed by atoms with Crippen molar-refractivity contribution in [1.82, 2.24) is 5.32 Å². The van der Waals surface area contributed by atoms with E-state index in [0.29, 0.717) is 0 Å². The van der Waals surface area contributed by atoms with Crippen LogP contribution >= 0.6 is 0 Å². The van der Waals surface area contributed by atoms with Gasteiger partial charge in [-0.3, -0.25) is 4.79 Å². The number of ether oxygens (including phenoxy) is 1. The Morgan fingerprint density at radius 1 is 1.40 bits per heavy atom. The maximum absolute atomic E-state index is 11.6. The highest BCUT2D eigenvalue weighted by Gasteiger charge is 2.28. The summed E-state index contributed by atoms with van der Waals surface area (Å²) in [4.78, 5) is 10.6. The van der Waals surface area contributed by atoms with E-state index in [2.05, 4.69) is 10.1 Å². The number of carbonyl (C=O) groups is 1. The van der Waals surface area contributed by atoms with Gasteiger partial charge in [0.05, 0.1) is 6.61 Å². The molecule has 0 unspecified atom stereocenters. The summed E-state index contributed by atoms with van der Waals surface area (Å²) < 4.78 is 39.1. The van der Waals surface area contributed by atoms with E-state index in [-0.39, 0.29) is 13.2 Å². The predicted octanol–water partition coefficient (Wildman–Crippen LogP) is 1.02. The van der Waals surface area contributed by atoms with E-state index >= 15 is 0 Å². The van der Waals surface area contributed by atoms with Gasteiger partial charge in [-0.2, -0.15) is 13.2 Å². The van der Waals surface area contributed by atoms with Crippen LogP contribution in [0.2, 0.25) is 0 Å². The number of carboxylic acid groups (broad SMARTS) is 1. The minimum absolute atomic E-state index is 0.0510. The van der Waals surface area contributed by atoms with E-state index in [0.717, 1.165) is 0 Å². The van der Waals surface area contributed by atoms with Crippen LogP contribution in [0.3, 0.4) is 0 Å². The van der Waals surface area contributed by atoms with Crippen molar-refractivity contribution in [3.63, 3.8) is 0 Å². The standard InChI is InChI=1S/C8H14F3NO3/c1-7(2,6(13)14)12-3-4-15-5-8(9,10)11/h12H,3-5H2,1-2H3,(H,13,14). The van der Waals surface area contributed by atoms with Crippen molar-refractivity contribution in [2.45, 2.75) is 25.6 Å². The van der Waals surface area contributed by atoms with E-state index in [9.17, 15) is 18.0 Å². The lowest BCUT2D eigenvalue weighted by Gasteiger charge is -2.20. The van der Waals surface area contributed by atoms with Gasteiger partial charge in [0.15, 0.2) is 0 Å². The van der Waals surface area contributed by atoms with Gasteiger partial charge in [0.1, 0.15) is 12.1 Å². The van der Waals surface area contributed by atoms with E-state index in [1.54, 1.807) is 0 Å². The molecule has 0 aromatic rings. The molecule has 0 aliphatic carbocycles. The molecule has 2 N–H and O–H groups in total. The zero-order chi connectivity index (χ0) is 12.1. The monoisotopic (exact) mass is 229 g/mol. The normalized spacial score (nSPS) is 12.9. The third-order valence-electron chi connectivity index (χ3n) is 1.61. The highest BCUT2D eigenvalue weighted by molar-refractivity contribution is 5.77. The van der Waals surface area contributed by atoms with Crippen LogP contribution in [0.1, 0.15) is 13.8 Å². The third kappa shape index (κ3) is 7.15. The van der Waals surface area contributed by atoms with Crippen LogP contribution in [0.25, 0.3) is 0 Å². The van der Waals surface area contributed by atoms with Crippen LogP contribution in [0.15, 0.2) is 0 Å². The second kappa shape index (κ2) is 5.32. The molecule has 0 atom stereocenters. The summed E-state index contributed by atoms with van der Waals surface area (Å²) in [7, 11) is 0. The molecule has 0 aromatic heterocycles. The van der Waals surface area contributed by atoms with Crippen LogP contribution in [-0.4, -0.2) is 42.5 Å². The zero-order valence-electron chi connectivity index (χ0n) is 8.52. The van der Waals surface area contributed by atoms with E-state index in [4.69, 9.17) is 5.11 Å². The summed E-state index contributed by atoms with van der Waals surface area (Å²) in [6.45, 7) is 1.38. The first-order valence-corrected chi connectivity index (χ1v) is 4.28. The lowest BCUT2D eigenvalue weighted by Crippen LogP contribution is -2.48. The third-order valence-corrected chi connectivity index (χ3v) is 1.61. The van der Waals surface area contributed by atoms with Crippen molar-refractivity contribution in [2.75, 3.05) is 19.8 Å². The largest absolute Gasteiger partial charge is 0.480 e. The number of nitrogens with one attached hydrogen (secondary N) is 1. The molecule has 0 radical (unpaired) electrons. The van der Waals surface area contributed by atoms with Gasteiger partial charge in [0.25, 0.3) is 0 Å². The second-order valence-corrected chi connectivity index (χ2v) is 3.52. The van der Waals surface area contributed by atoms with Crippen molar-refractivity contribution in [2.24, 2.45) is 0 Å². The van der Waals surface area contributed by atoms with Gasteiger partial charge in [0.2, 0.25) is 0 Å². The summed E-state index contributed by atoms with van der Waals surface area (Å²) in [5.74, 6) is -1.07. The second-order valence-electron chi connectivity index (χ2n) is 3.52. The van der Waals surface area contributed by atoms with Crippen molar-refractivity contribution < 1.29 is 27.8 Å². The Bertz CT molecular complexity index is 216. The van der Waals surface area contributed by atoms with Crippen molar-refractivity contribution in [3.8, 4) is 0 Å². The Hall–Kier alpha value is -0.820. The number of alkyl halides is 3. The van der Waals surface area contributed by atoms with Gasteiger partial charge in [0, 0.05) is 6.54 Å². The SMILES string of the molecule is CC(C)(NCCOCC(F)(F)F)C(=O)O. The Morgan fingerprint density at radius 2 is 1.93 bits per heavy atom. The maximum atomic E-state index is 11.6. The number of halogens is 3. The molecule has 0 aromatic carbocycles. The van der Waals surface area contributed by atoms with Gasteiger partial charge < -0.3 is 15.2 Å². The predicted molar refractivity (Wildman–Crippen MR) is 46.6 cm³/mol. The average molecular weight is 229 g/mol. The van der Waals surface area contributed by atoms with Crippen LogP contribution in [0.5, 0.6) is 0 Å². The van der Waals surface area contributed by atoms with Crippen LogP contribution in [0, 0.1) is 0 Å². The topological polar surface area (TPSA) is 58.6 Å². The summed E-state index contributed by atoms with van der Waals surface area (Å²) in [5, 5.41) is 11.2. The molecule has 0 aliphatic rings. The van der Waals surface area contributed by atoms with E-state index in [1.807, 2.05) is 0 Å². The molecule has 4 nitrogen and oxygen atoms in total. The molecule has 0 amide bonds. The quantitative estimate of drug-likeness (QED) is 0.667. The van der Waals surface area contributed by atoms with Crippen molar-refractivity contribution >= 4 is 5.97 Å². The van der Waals surface area contributed by atoms with Gasteiger partial charge in [-0.25, -0.2) is 0 Å².